The first-order valence-electron chi connectivity index (χ1n) is 2.27. The Morgan fingerprint density at radius 3 is 2.75 bits per heavy atom. The minimum atomic E-state index is 0. The summed E-state index contributed by atoms with van der Waals surface area (Å²) in [6.45, 7) is 1.72. The van der Waals surface area contributed by atoms with Gasteiger partial charge >= 0.3 is 31.1 Å². The van der Waals surface area contributed by atoms with Gasteiger partial charge < -0.3 is 9.53 Å². The molecule has 1 unspecified atom stereocenters. The SMILES string of the molecule is O=[C-]CCC1[CH-]O1.[U+2]. The van der Waals surface area contributed by atoms with Crippen LogP contribution in [0.1, 0.15) is 12.8 Å². The van der Waals surface area contributed by atoms with Crippen molar-refractivity contribution in [1.29, 1.82) is 0 Å². The minimum Gasteiger partial charge on any atom is -0.570 e. The van der Waals surface area contributed by atoms with E-state index in [0.29, 0.717) is 6.42 Å². The van der Waals surface area contributed by atoms with E-state index in [-0.39, 0.29) is 37.2 Å². The van der Waals surface area contributed by atoms with E-state index in [1.807, 2.05) is 0 Å². The van der Waals surface area contributed by atoms with Crippen LogP contribution in [0.25, 0.3) is 0 Å². The molecule has 42 valence electrons. The Hall–Kier alpha value is 0.682. The molecule has 0 aromatic carbocycles. The van der Waals surface area contributed by atoms with Gasteiger partial charge in [-0.25, -0.2) is 0 Å². The summed E-state index contributed by atoms with van der Waals surface area (Å²) in [5.41, 5.74) is 0. The number of rotatable bonds is 3. The summed E-state index contributed by atoms with van der Waals surface area (Å²) in [5, 5.41) is 0. The number of hydrogen-bond acceptors (Lipinski definition) is 2. The van der Waals surface area contributed by atoms with Crippen molar-refractivity contribution in [2.75, 3.05) is 0 Å². The van der Waals surface area contributed by atoms with Crippen molar-refractivity contribution >= 4 is 6.29 Å². The summed E-state index contributed by atoms with van der Waals surface area (Å²) in [6, 6.07) is 0. The molecule has 1 heterocycles. The van der Waals surface area contributed by atoms with Gasteiger partial charge in [-0.2, -0.15) is 13.0 Å². The molecule has 1 fully saturated rings. The molecule has 3 heteroatoms. The Kier molecular flexibility index (Phi) is 4.94. The van der Waals surface area contributed by atoms with E-state index in [0.717, 1.165) is 6.42 Å². The first-order valence-corrected chi connectivity index (χ1v) is 2.27. The van der Waals surface area contributed by atoms with E-state index in [9.17, 15) is 4.79 Å². The van der Waals surface area contributed by atoms with E-state index in [4.69, 9.17) is 4.74 Å². The van der Waals surface area contributed by atoms with Crippen molar-refractivity contribution in [2.45, 2.75) is 18.9 Å². The zero-order valence-corrected chi connectivity index (χ0v) is 8.55. The summed E-state index contributed by atoms with van der Waals surface area (Å²) >= 11 is 0. The number of ether oxygens (including phenoxy) is 1. The molecule has 0 aliphatic carbocycles. The maximum absolute atomic E-state index is 9.54. The van der Waals surface area contributed by atoms with Crippen LogP contribution in [0.4, 0.5) is 0 Å². The summed E-state index contributed by atoms with van der Waals surface area (Å²) in [6.07, 6.45) is 3.36. The van der Waals surface area contributed by atoms with Gasteiger partial charge in [-0.05, 0) is 0 Å². The molecule has 1 aliphatic rings. The van der Waals surface area contributed by atoms with Crippen LogP contribution in [0.3, 0.4) is 0 Å². The van der Waals surface area contributed by atoms with E-state index in [2.05, 4.69) is 0 Å². The molecule has 8 heavy (non-hydrogen) atoms. The van der Waals surface area contributed by atoms with Crippen LogP contribution >= 0.6 is 0 Å². The first kappa shape index (κ1) is 8.68. The van der Waals surface area contributed by atoms with Crippen LogP contribution in [-0.4, -0.2) is 12.4 Å². The third-order valence-corrected chi connectivity index (χ3v) is 0.859. The van der Waals surface area contributed by atoms with Crippen LogP contribution in [0, 0.1) is 37.7 Å². The van der Waals surface area contributed by atoms with Gasteiger partial charge in [0.05, 0.1) is 0 Å². The largest absolute Gasteiger partial charge is 2.00 e. The van der Waals surface area contributed by atoms with E-state index < -0.39 is 0 Å². The fraction of sp³-hybridized carbons (Fsp3) is 0.600. The Balaban J connectivity index is 0.000000490. The molecular weight excluding hydrogens is 330 g/mol. The second-order valence-corrected chi connectivity index (χ2v) is 1.49. The summed E-state index contributed by atoms with van der Waals surface area (Å²) in [7, 11) is 0. The van der Waals surface area contributed by atoms with E-state index >= 15 is 0 Å². The quantitative estimate of drug-likeness (QED) is 0.553. The molecule has 0 spiro atoms. The number of epoxide rings is 1. The van der Waals surface area contributed by atoms with Crippen LogP contribution in [0.15, 0.2) is 0 Å². The molecule has 1 aliphatic heterocycles. The van der Waals surface area contributed by atoms with Gasteiger partial charge in [0.25, 0.3) is 0 Å². The zero-order chi connectivity index (χ0) is 5.11. The van der Waals surface area contributed by atoms with Crippen molar-refractivity contribution in [2.24, 2.45) is 0 Å². The Bertz CT molecular complexity index is 70.8. The zero-order valence-electron chi connectivity index (χ0n) is 4.39. The molecule has 0 bridgehead atoms. The average molecular weight is 336 g/mol. The van der Waals surface area contributed by atoms with Crippen LogP contribution in [-0.2, 0) is 9.53 Å². The maximum atomic E-state index is 9.54. The maximum Gasteiger partial charge on any atom is 2.00 e. The molecule has 0 aromatic heterocycles. The molecular formula is C5H6O2U. The second kappa shape index (κ2) is 4.55. The summed E-state index contributed by atoms with van der Waals surface area (Å²) in [4.78, 5) is 9.54. The fourth-order valence-corrected chi connectivity index (χ4v) is 0.393. The van der Waals surface area contributed by atoms with Gasteiger partial charge in [-0.15, -0.1) is 0 Å². The predicted octanol–water partition coefficient (Wildman–Crippen LogP) is 0.437. The van der Waals surface area contributed by atoms with Crippen molar-refractivity contribution in [3.05, 3.63) is 6.61 Å². The van der Waals surface area contributed by atoms with E-state index in [1.165, 1.54) is 0 Å². The molecule has 1 atom stereocenters. The van der Waals surface area contributed by atoms with Crippen LogP contribution in [0.5, 0.6) is 0 Å². The smallest absolute Gasteiger partial charge is 0.570 e. The van der Waals surface area contributed by atoms with Gasteiger partial charge in [0.15, 0.2) is 0 Å². The molecule has 2 nitrogen and oxygen atoms in total. The third-order valence-electron chi connectivity index (χ3n) is 0.859. The predicted molar refractivity (Wildman–Crippen MR) is 24.1 cm³/mol. The van der Waals surface area contributed by atoms with Gasteiger partial charge in [-0.1, -0.05) is 12.5 Å². The molecule has 0 saturated carbocycles. The van der Waals surface area contributed by atoms with E-state index in [1.54, 1.807) is 12.9 Å². The van der Waals surface area contributed by atoms with Gasteiger partial charge in [0, 0.05) is 0 Å². The van der Waals surface area contributed by atoms with Crippen molar-refractivity contribution in [3.8, 4) is 0 Å². The molecule has 0 aromatic rings. The topological polar surface area (TPSA) is 29.6 Å². The second-order valence-electron chi connectivity index (χ2n) is 1.49. The Labute approximate surface area is 72.3 Å². The van der Waals surface area contributed by atoms with Crippen LogP contribution < -0.4 is 0 Å². The Morgan fingerprint density at radius 2 is 2.38 bits per heavy atom. The number of carbonyl (C=O) groups excluding carboxylic acids is 1. The molecule has 0 radical (unpaired) electrons. The van der Waals surface area contributed by atoms with Crippen molar-refractivity contribution in [1.82, 2.24) is 0 Å². The van der Waals surface area contributed by atoms with Crippen LogP contribution in [0.2, 0.25) is 0 Å². The van der Waals surface area contributed by atoms with Gasteiger partial charge in [0.2, 0.25) is 0 Å². The first-order chi connectivity index (χ1) is 3.43. The molecule has 1 rings (SSSR count). The van der Waals surface area contributed by atoms with Gasteiger partial charge in [-0.3, -0.25) is 6.29 Å². The third kappa shape index (κ3) is 3.66. The molecule has 0 amide bonds. The Morgan fingerprint density at radius 1 is 1.75 bits per heavy atom. The van der Waals surface area contributed by atoms with Crippen molar-refractivity contribution < 1.29 is 40.6 Å². The fourth-order valence-electron chi connectivity index (χ4n) is 0.393. The molecule has 1 saturated heterocycles. The monoisotopic (exact) mass is 336 g/mol. The molecule has 0 N–H and O–H groups in total. The van der Waals surface area contributed by atoms with Crippen molar-refractivity contribution in [3.63, 3.8) is 0 Å². The summed E-state index contributed by atoms with van der Waals surface area (Å²) in [5.74, 6) is 0. The van der Waals surface area contributed by atoms with Gasteiger partial charge in [0.1, 0.15) is 0 Å². The normalized spacial score (nSPS) is 23.8. The number of hydrogen-bond donors (Lipinski definition) is 0. The minimum absolute atomic E-state index is 0. The summed E-state index contributed by atoms with van der Waals surface area (Å²) < 4.78 is 4.71. The average Bonchev–Trinajstić information content (AvgIpc) is 2.42. The standard InChI is InChI=1S/C5H6O2.U/c6-3-1-2-5-4-7-5;/h4-5H,1-2H2;/q-2;+2.